The highest BCUT2D eigenvalue weighted by Crippen LogP contribution is 2.33. The summed E-state index contributed by atoms with van der Waals surface area (Å²) in [6.07, 6.45) is 3.63. The van der Waals surface area contributed by atoms with Crippen LogP contribution < -0.4 is 15.2 Å². The van der Waals surface area contributed by atoms with Crippen LogP contribution in [0.1, 0.15) is 37.8 Å². The van der Waals surface area contributed by atoms with Crippen LogP contribution in [-0.4, -0.2) is 38.3 Å². The van der Waals surface area contributed by atoms with E-state index in [0.29, 0.717) is 6.04 Å². The van der Waals surface area contributed by atoms with Crippen molar-refractivity contribution in [1.82, 2.24) is 4.90 Å². The monoisotopic (exact) mass is 278 g/mol. The first-order valence-corrected chi connectivity index (χ1v) is 7.39. The van der Waals surface area contributed by atoms with Crippen molar-refractivity contribution in [2.45, 2.75) is 38.3 Å². The summed E-state index contributed by atoms with van der Waals surface area (Å²) in [5, 5.41) is 0. The zero-order valence-corrected chi connectivity index (χ0v) is 12.8. The van der Waals surface area contributed by atoms with Gasteiger partial charge in [-0.15, -0.1) is 0 Å². The third kappa shape index (κ3) is 3.44. The van der Waals surface area contributed by atoms with Gasteiger partial charge in [0.1, 0.15) is 11.5 Å². The fourth-order valence-corrected chi connectivity index (χ4v) is 2.93. The maximum absolute atomic E-state index is 6.04. The molecule has 0 amide bonds. The van der Waals surface area contributed by atoms with Crippen LogP contribution >= 0.6 is 0 Å². The van der Waals surface area contributed by atoms with Crippen LogP contribution in [0.3, 0.4) is 0 Å². The Balaban J connectivity index is 1.98. The molecule has 112 valence electrons. The largest absolute Gasteiger partial charge is 0.496 e. The van der Waals surface area contributed by atoms with Crippen molar-refractivity contribution in [1.29, 1.82) is 0 Å². The topological polar surface area (TPSA) is 47.7 Å². The lowest BCUT2D eigenvalue weighted by molar-refractivity contribution is 0.231. The van der Waals surface area contributed by atoms with Gasteiger partial charge in [-0.1, -0.05) is 6.07 Å². The number of methoxy groups -OCH3 is 1. The lowest BCUT2D eigenvalue weighted by atomic mass is 10.1. The molecule has 0 spiro atoms. The fraction of sp³-hybridized carbons (Fsp3) is 0.625. The molecule has 0 aromatic heterocycles. The van der Waals surface area contributed by atoms with Gasteiger partial charge in [-0.3, -0.25) is 0 Å². The van der Waals surface area contributed by atoms with Crippen LogP contribution in [0.4, 0.5) is 0 Å². The Morgan fingerprint density at radius 1 is 1.40 bits per heavy atom. The molecule has 1 aromatic rings. The third-order valence-corrected chi connectivity index (χ3v) is 4.08. The van der Waals surface area contributed by atoms with Gasteiger partial charge in [0, 0.05) is 12.1 Å². The van der Waals surface area contributed by atoms with Crippen molar-refractivity contribution in [2.24, 2.45) is 5.73 Å². The molecule has 2 unspecified atom stereocenters. The second kappa shape index (κ2) is 6.95. The molecule has 1 fully saturated rings. The van der Waals surface area contributed by atoms with Crippen molar-refractivity contribution in [2.75, 3.05) is 27.3 Å². The highest BCUT2D eigenvalue weighted by atomic mass is 16.5. The van der Waals surface area contributed by atoms with Crippen LogP contribution in [0.5, 0.6) is 11.5 Å². The fourth-order valence-electron chi connectivity index (χ4n) is 2.93. The van der Waals surface area contributed by atoms with Crippen molar-refractivity contribution in [3.63, 3.8) is 0 Å². The molecule has 1 aliphatic rings. The molecule has 0 saturated carbocycles. The number of hydrogen-bond acceptors (Lipinski definition) is 4. The molecule has 2 N–H and O–H groups in total. The molecule has 1 aromatic carbocycles. The highest BCUT2D eigenvalue weighted by Gasteiger charge is 2.21. The first-order valence-electron chi connectivity index (χ1n) is 7.39. The SMILES string of the molecule is COc1cccc(OCCC2CCCN2C)c1C(C)N. The Morgan fingerprint density at radius 2 is 2.15 bits per heavy atom. The zero-order chi connectivity index (χ0) is 14.5. The standard InChI is InChI=1S/C16H26N2O2/c1-12(17)16-14(19-3)7-4-8-15(16)20-11-9-13-6-5-10-18(13)2/h4,7-8,12-13H,5-6,9-11,17H2,1-3H3. The molecule has 4 nitrogen and oxygen atoms in total. The van der Waals surface area contributed by atoms with Crippen molar-refractivity contribution < 1.29 is 9.47 Å². The van der Waals surface area contributed by atoms with Gasteiger partial charge in [-0.2, -0.15) is 0 Å². The van der Waals surface area contributed by atoms with E-state index < -0.39 is 0 Å². The van der Waals surface area contributed by atoms with Crippen LogP contribution in [0.15, 0.2) is 18.2 Å². The van der Waals surface area contributed by atoms with Gasteiger partial charge in [-0.05, 0) is 51.9 Å². The average Bonchev–Trinajstić information content (AvgIpc) is 2.84. The molecule has 0 bridgehead atoms. The van der Waals surface area contributed by atoms with E-state index in [1.54, 1.807) is 7.11 Å². The molecule has 0 radical (unpaired) electrons. The predicted octanol–water partition coefficient (Wildman–Crippen LogP) is 2.58. The maximum Gasteiger partial charge on any atom is 0.127 e. The summed E-state index contributed by atoms with van der Waals surface area (Å²) < 4.78 is 11.3. The van der Waals surface area contributed by atoms with E-state index in [0.717, 1.165) is 30.1 Å². The van der Waals surface area contributed by atoms with E-state index in [1.165, 1.54) is 19.4 Å². The molecule has 1 saturated heterocycles. The van der Waals surface area contributed by atoms with Crippen LogP contribution in [-0.2, 0) is 0 Å². The minimum absolute atomic E-state index is 0.102. The van der Waals surface area contributed by atoms with Gasteiger partial charge in [0.15, 0.2) is 0 Å². The van der Waals surface area contributed by atoms with E-state index in [9.17, 15) is 0 Å². The Hall–Kier alpha value is -1.26. The quantitative estimate of drug-likeness (QED) is 0.869. The molecule has 1 heterocycles. The second-order valence-corrected chi connectivity index (χ2v) is 5.57. The molecule has 2 rings (SSSR count). The smallest absolute Gasteiger partial charge is 0.127 e. The van der Waals surface area contributed by atoms with Crippen LogP contribution in [0.25, 0.3) is 0 Å². The summed E-state index contributed by atoms with van der Waals surface area (Å²) in [5.41, 5.74) is 6.99. The first kappa shape index (κ1) is 15.1. The third-order valence-electron chi connectivity index (χ3n) is 4.08. The van der Waals surface area contributed by atoms with Gasteiger partial charge in [0.25, 0.3) is 0 Å². The van der Waals surface area contributed by atoms with Gasteiger partial charge in [0.05, 0.1) is 19.3 Å². The number of nitrogens with zero attached hydrogens (tertiary/aromatic N) is 1. The number of benzene rings is 1. The molecule has 0 aliphatic carbocycles. The number of likely N-dealkylation sites (tertiary alicyclic amines) is 1. The lowest BCUT2D eigenvalue weighted by Gasteiger charge is -2.21. The van der Waals surface area contributed by atoms with Crippen molar-refractivity contribution in [3.8, 4) is 11.5 Å². The average molecular weight is 278 g/mol. The van der Waals surface area contributed by atoms with E-state index in [4.69, 9.17) is 15.2 Å². The minimum Gasteiger partial charge on any atom is -0.496 e. The van der Waals surface area contributed by atoms with E-state index in [2.05, 4.69) is 11.9 Å². The lowest BCUT2D eigenvalue weighted by Crippen LogP contribution is -2.26. The Labute approximate surface area is 121 Å². The van der Waals surface area contributed by atoms with E-state index >= 15 is 0 Å². The number of nitrogens with two attached hydrogens (primary N) is 1. The summed E-state index contributed by atoms with van der Waals surface area (Å²) in [6.45, 7) is 3.88. The maximum atomic E-state index is 6.04. The molecule has 4 heteroatoms. The van der Waals surface area contributed by atoms with Gasteiger partial charge in [0.2, 0.25) is 0 Å². The summed E-state index contributed by atoms with van der Waals surface area (Å²) in [4.78, 5) is 2.42. The normalized spacial score (nSPS) is 20.9. The van der Waals surface area contributed by atoms with Crippen molar-refractivity contribution >= 4 is 0 Å². The summed E-state index contributed by atoms with van der Waals surface area (Å²) in [5.74, 6) is 1.65. The van der Waals surface area contributed by atoms with Crippen LogP contribution in [0.2, 0.25) is 0 Å². The molecule has 1 aliphatic heterocycles. The molecule has 20 heavy (non-hydrogen) atoms. The highest BCUT2D eigenvalue weighted by molar-refractivity contribution is 5.46. The minimum atomic E-state index is -0.102. The van der Waals surface area contributed by atoms with Gasteiger partial charge in [-0.25, -0.2) is 0 Å². The number of rotatable bonds is 6. The Morgan fingerprint density at radius 3 is 2.75 bits per heavy atom. The van der Waals surface area contributed by atoms with E-state index in [1.807, 2.05) is 25.1 Å². The first-order chi connectivity index (χ1) is 9.63. The zero-order valence-electron chi connectivity index (χ0n) is 12.8. The second-order valence-electron chi connectivity index (χ2n) is 5.57. The number of ether oxygens (including phenoxy) is 2. The summed E-state index contributed by atoms with van der Waals surface area (Å²) in [7, 11) is 3.86. The Kier molecular flexibility index (Phi) is 5.26. The van der Waals surface area contributed by atoms with Crippen molar-refractivity contribution in [3.05, 3.63) is 23.8 Å². The predicted molar refractivity (Wildman–Crippen MR) is 81.4 cm³/mol. The van der Waals surface area contributed by atoms with Crippen LogP contribution in [0, 0.1) is 0 Å². The summed E-state index contributed by atoms with van der Waals surface area (Å²) in [6, 6.07) is 6.40. The number of hydrogen-bond donors (Lipinski definition) is 1. The molecule has 2 atom stereocenters. The Bertz CT molecular complexity index is 434. The van der Waals surface area contributed by atoms with E-state index in [-0.39, 0.29) is 6.04 Å². The van der Waals surface area contributed by atoms with Gasteiger partial charge < -0.3 is 20.1 Å². The van der Waals surface area contributed by atoms with Gasteiger partial charge >= 0.3 is 0 Å². The summed E-state index contributed by atoms with van der Waals surface area (Å²) >= 11 is 0. The molecular formula is C16H26N2O2. The molecular weight excluding hydrogens is 252 g/mol.